The highest BCUT2D eigenvalue weighted by Gasteiger charge is 2.19. The van der Waals surface area contributed by atoms with Gasteiger partial charge in [-0.2, -0.15) is 0 Å². The van der Waals surface area contributed by atoms with E-state index in [4.69, 9.17) is 20.4 Å². The van der Waals surface area contributed by atoms with E-state index in [1.165, 1.54) is 7.11 Å². The van der Waals surface area contributed by atoms with Crippen molar-refractivity contribution < 1.29 is 9.53 Å². The van der Waals surface area contributed by atoms with Crippen molar-refractivity contribution in [1.82, 2.24) is 19.5 Å². The fourth-order valence-corrected chi connectivity index (χ4v) is 3.09. The van der Waals surface area contributed by atoms with Crippen LogP contribution in [0.4, 0.5) is 5.82 Å². The van der Waals surface area contributed by atoms with Crippen LogP contribution in [0.1, 0.15) is 21.6 Å². The number of nitrogen functional groups attached to an aromatic ring is 1. The predicted molar refractivity (Wildman–Crippen MR) is 107 cm³/mol. The van der Waals surface area contributed by atoms with Crippen LogP contribution in [-0.4, -0.2) is 32.6 Å². The number of fused-ring (bicyclic) bond motifs is 1. The Kier molecular flexibility index (Phi) is 4.27. The van der Waals surface area contributed by atoms with E-state index in [9.17, 15) is 4.79 Å². The molecule has 4 rings (SSSR count). The van der Waals surface area contributed by atoms with Gasteiger partial charge in [0.2, 0.25) is 0 Å². The molecule has 0 aliphatic rings. The number of pyridine rings is 2. The minimum absolute atomic E-state index is 0.386. The minimum atomic E-state index is -0.386. The number of rotatable bonds is 3. The first-order chi connectivity index (χ1) is 13.5. The SMILES string of the molecule is COC(=O)c1ccc(-n2c(-c3cccnc3N)nc3cc(C)c(C)nc32)cc1. The average Bonchev–Trinajstić information content (AvgIpc) is 3.06. The number of hydrogen-bond acceptors (Lipinski definition) is 6. The Bertz CT molecular complexity index is 1200. The Morgan fingerprint density at radius 3 is 2.54 bits per heavy atom. The summed E-state index contributed by atoms with van der Waals surface area (Å²) in [4.78, 5) is 25.5. The number of esters is 1. The smallest absolute Gasteiger partial charge is 0.337 e. The van der Waals surface area contributed by atoms with Crippen molar-refractivity contribution >= 4 is 23.0 Å². The highest BCUT2D eigenvalue weighted by atomic mass is 16.5. The topological polar surface area (TPSA) is 95.9 Å². The molecular weight excluding hydrogens is 354 g/mol. The molecule has 7 nitrogen and oxygen atoms in total. The number of aromatic nitrogens is 4. The molecule has 140 valence electrons. The van der Waals surface area contributed by atoms with Crippen LogP contribution < -0.4 is 5.73 Å². The Balaban J connectivity index is 2.00. The maximum absolute atomic E-state index is 11.8. The summed E-state index contributed by atoms with van der Waals surface area (Å²) in [5, 5.41) is 0. The lowest BCUT2D eigenvalue weighted by Gasteiger charge is -2.11. The van der Waals surface area contributed by atoms with Crippen molar-refractivity contribution in [3.05, 3.63) is 65.5 Å². The second-order valence-electron chi connectivity index (χ2n) is 6.48. The molecule has 0 aliphatic heterocycles. The lowest BCUT2D eigenvalue weighted by molar-refractivity contribution is 0.0601. The second kappa shape index (κ2) is 6.77. The third-order valence-corrected chi connectivity index (χ3v) is 4.70. The fraction of sp³-hybridized carbons (Fsp3) is 0.143. The van der Waals surface area contributed by atoms with Gasteiger partial charge in [-0.15, -0.1) is 0 Å². The van der Waals surface area contributed by atoms with Gasteiger partial charge in [-0.3, -0.25) is 4.57 Å². The van der Waals surface area contributed by atoms with E-state index in [1.807, 2.05) is 48.7 Å². The zero-order chi connectivity index (χ0) is 19.8. The molecule has 1 aromatic carbocycles. The highest BCUT2D eigenvalue weighted by Crippen LogP contribution is 2.31. The van der Waals surface area contributed by atoms with Crippen molar-refractivity contribution in [2.24, 2.45) is 0 Å². The number of carbonyl (C=O) groups excluding carboxylic acids is 1. The van der Waals surface area contributed by atoms with E-state index < -0.39 is 0 Å². The van der Waals surface area contributed by atoms with E-state index in [0.29, 0.717) is 28.4 Å². The molecule has 3 aromatic heterocycles. The molecule has 28 heavy (non-hydrogen) atoms. The standard InChI is InChI=1S/C21H19N5O2/c1-12-11-17-20(24-13(12)2)26(15-8-6-14(7-9-15)21(27)28-3)19(25-17)16-5-4-10-23-18(16)22/h4-11H,1-3H3,(H2,22,23). The third-order valence-electron chi connectivity index (χ3n) is 4.70. The van der Waals surface area contributed by atoms with Crippen molar-refractivity contribution in [3.63, 3.8) is 0 Å². The number of nitrogens with two attached hydrogens (primary N) is 1. The molecule has 0 amide bonds. The zero-order valence-corrected chi connectivity index (χ0v) is 15.8. The molecule has 0 saturated carbocycles. The summed E-state index contributed by atoms with van der Waals surface area (Å²) in [6, 6.07) is 12.8. The molecule has 0 atom stereocenters. The Morgan fingerprint density at radius 2 is 1.86 bits per heavy atom. The van der Waals surface area contributed by atoms with E-state index in [2.05, 4.69) is 4.98 Å². The van der Waals surface area contributed by atoms with Gasteiger partial charge in [-0.1, -0.05) is 0 Å². The predicted octanol–water partition coefficient (Wildman–Crippen LogP) is 3.47. The van der Waals surface area contributed by atoms with Crippen LogP contribution in [0.25, 0.3) is 28.2 Å². The number of benzene rings is 1. The van der Waals surface area contributed by atoms with Gasteiger partial charge in [-0.25, -0.2) is 19.7 Å². The van der Waals surface area contributed by atoms with Gasteiger partial charge >= 0.3 is 5.97 Å². The van der Waals surface area contributed by atoms with Crippen LogP contribution in [0.2, 0.25) is 0 Å². The number of imidazole rings is 1. The van der Waals surface area contributed by atoms with Gasteiger partial charge < -0.3 is 10.5 Å². The summed E-state index contributed by atoms with van der Waals surface area (Å²) in [6.07, 6.45) is 1.64. The molecule has 0 unspecified atom stereocenters. The van der Waals surface area contributed by atoms with Crippen LogP contribution >= 0.6 is 0 Å². The molecule has 0 aliphatic carbocycles. The largest absolute Gasteiger partial charge is 0.465 e. The summed E-state index contributed by atoms with van der Waals surface area (Å²) >= 11 is 0. The first-order valence-corrected chi connectivity index (χ1v) is 8.76. The van der Waals surface area contributed by atoms with Gasteiger partial charge in [0, 0.05) is 17.6 Å². The second-order valence-corrected chi connectivity index (χ2v) is 6.48. The molecule has 0 radical (unpaired) electrons. The Labute approximate surface area is 161 Å². The van der Waals surface area contributed by atoms with Crippen LogP contribution in [-0.2, 0) is 4.74 Å². The van der Waals surface area contributed by atoms with Gasteiger partial charge in [0.05, 0.1) is 18.2 Å². The van der Waals surface area contributed by atoms with Crippen LogP contribution in [0.15, 0.2) is 48.7 Å². The number of aryl methyl sites for hydroxylation is 2. The van der Waals surface area contributed by atoms with Gasteiger partial charge in [0.15, 0.2) is 11.5 Å². The maximum atomic E-state index is 11.8. The van der Waals surface area contributed by atoms with Crippen LogP contribution in [0.3, 0.4) is 0 Å². The monoisotopic (exact) mass is 373 g/mol. The molecule has 0 fully saturated rings. The van der Waals surface area contributed by atoms with Crippen LogP contribution in [0.5, 0.6) is 0 Å². The first-order valence-electron chi connectivity index (χ1n) is 8.76. The molecule has 0 saturated heterocycles. The van der Waals surface area contributed by atoms with Gasteiger partial charge in [-0.05, 0) is 61.9 Å². The number of ether oxygens (including phenoxy) is 1. The molecular formula is C21H19N5O2. The summed E-state index contributed by atoms with van der Waals surface area (Å²) in [7, 11) is 1.36. The zero-order valence-electron chi connectivity index (χ0n) is 15.8. The summed E-state index contributed by atoms with van der Waals surface area (Å²) in [5.74, 6) is 0.644. The first kappa shape index (κ1) is 17.7. The number of hydrogen-bond donors (Lipinski definition) is 1. The third kappa shape index (κ3) is 2.87. The van der Waals surface area contributed by atoms with Crippen molar-refractivity contribution in [2.75, 3.05) is 12.8 Å². The van der Waals surface area contributed by atoms with E-state index >= 15 is 0 Å². The van der Waals surface area contributed by atoms with Crippen LogP contribution in [0, 0.1) is 13.8 Å². The average molecular weight is 373 g/mol. The lowest BCUT2D eigenvalue weighted by Crippen LogP contribution is -2.04. The highest BCUT2D eigenvalue weighted by molar-refractivity contribution is 5.90. The molecule has 2 N–H and O–H groups in total. The van der Waals surface area contributed by atoms with Gasteiger partial charge in [0.25, 0.3) is 0 Å². The Hall–Kier alpha value is -3.74. The summed E-state index contributed by atoms with van der Waals surface area (Å²) < 4.78 is 6.71. The maximum Gasteiger partial charge on any atom is 0.337 e. The number of carbonyl (C=O) groups is 1. The molecule has 0 spiro atoms. The summed E-state index contributed by atoms with van der Waals surface area (Å²) in [5.41, 5.74) is 11.6. The molecule has 4 aromatic rings. The lowest BCUT2D eigenvalue weighted by atomic mass is 10.2. The van der Waals surface area contributed by atoms with E-state index in [1.54, 1.807) is 18.3 Å². The van der Waals surface area contributed by atoms with Crippen molar-refractivity contribution in [3.8, 4) is 17.1 Å². The van der Waals surface area contributed by atoms with Crippen molar-refractivity contribution in [1.29, 1.82) is 0 Å². The molecule has 7 heteroatoms. The normalized spacial score (nSPS) is 11.0. The summed E-state index contributed by atoms with van der Waals surface area (Å²) in [6.45, 7) is 3.97. The number of methoxy groups -OCH3 is 1. The fourth-order valence-electron chi connectivity index (χ4n) is 3.09. The quantitative estimate of drug-likeness (QED) is 0.553. The number of nitrogens with zero attached hydrogens (tertiary/aromatic N) is 4. The minimum Gasteiger partial charge on any atom is -0.465 e. The Morgan fingerprint density at radius 1 is 1.11 bits per heavy atom. The molecule has 3 heterocycles. The van der Waals surface area contributed by atoms with Gasteiger partial charge in [0.1, 0.15) is 11.3 Å². The van der Waals surface area contributed by atoms with E-state index in [-0.39, 0.29) is 5.97 Å². The number of anilines is 1. The van der Waals surface area contributed by atoms with Crippen molar-refractivity contribution in [2.45, 2.75) is 13.8 Å². The van der Waals surface area contributed by atoms with E-state index in [0.717, 1.165) is 22.5 Å². The molecule has 0 bridgehead atoms.